The molecule has 1 fully saturated rings. The molecule has 19 heteroatoms. The Morgan fingerprint density at radius 3 is 2.54 bits per heavy atom. The van der Waals surface area contributed by atoms with Crippen LogP contribution in [0.25, 0.3) is 0 Å². The predicted octanol–water partition coefficient (Wildman–Crippen LogP) is 0.493. The summed E-state index contributed by atoms with van der Waals surface area (Å²) in [6.45, 7) is 3.90. The van der Waals surface area contributed by atoms with Gasteiger partial charge in [-0.05, 0) is 38.5 Å². The van der Waals surface area contributed by atoms with E-state index < -0.39 is 63.9 Å². The number of thiazole rings is 1. The fourth-order valence-electron chi connectivity index (χ4n) is 4.38. The summed E-state index contributed by atoms with van der Waals surface area (Å²) < 4.78 is 0. The standard InChI is InChI=1S/C27H27N7O10S2/c1-4-33(21(38)11-5-12(7-28)19(36)15(35)6-11)8-13-9-45-23-17(22(39)34(23)18(13)24(40)41)31-20(37)16(14-10-46-26(29)30-14)32-44-27(2,3)25(42)43/h5-6,10,17,23,35-36H,4,8-9H2,1-3H3,(H2,29,30)(H,31,37)(H,40,41)(H,42,43)/b32-16-/t17-,23-/m1/s1. The van der Waals surface area contributed by atoms with E-state index in [1.807, 2.05) is 0 Å². The van der Waals surface area contributed by atoms with Crippen LogP contribution in [-0.4, -0.2) is 106 Å². The summed E-state index contributed by atoms with van der Waals surface area (Å²) in [5, 5.41) is 55.2. The van der Waals surface area contributed by atoms with Crippen molar-refractivity contribution in [3.8, 4) is 17.6 Å². The number of carboxylic acids is 2. The molecule has 2 aliphatic heterocycles. The Morgan fingerprint density at radius 1 is 1.28 bits per heavy atom. The monoisotopic (exact) mass is 673 g/mol. The maximum atomic E-state index is 13.3. The van der Waals surface area contributed by atoms with E-state index in [0.29, 0.717) is 0 Å². The van der Waals surface area contributed by atoms with Crippen LogP contribution in [0.15, 0.2) is 33.9 Å². The Kier molecular flexibility index (Phi) is 9.44. The van der Waals surface area contributed by atoms with E-state index in [9.17, 15) is 49.7 Å². The molecular weight excluding hydrogens is 646 g/mol. The van der Waals surface area contributed by atoms with E-state index in [1.54, 1.807) is 13.0 Å². The van der Waals surface area contributed by atoms with Crippen LogP contribution in [0.4, 0.5) is 5.13 Å². The maximum absolute atomic E-state index is 13.3. The van der Waals surface area contributed by atoms with Crippen LogP contribution in [0.2, 0.25) is 0 Å². The predicted molar refractivity (Wildman–Crippen MR) is 162 cm³/mol. The van der Waals surface area contributed by atoms with Crippen LogP contribution in [0.5, 0.6) is 11.5 Å². The number of carbonyl (C=O) groups excluding carboxylic acids is 3. The second-order valence-corrected chi connectivity index (χ2v) is 12.4. The van der Waals surface area contributed by atoms with Crippen molar-refractivity contribution in [2.75, 3.05) is 24.6 Å². The highest BCUT2D eigenvalue weighted by Gasteiger charge is 2.54. The number of nitrogens with two attached hydrogens (primary N) is 1. The summed E-state index contributed by atoms with van der Waals surface area (Å²) in [5.74, 6) is -6.50. The first-order valence-electron chi connectivity index (χ1n) is 13.3. The summed E-state index contributed by atoms with van der Waals surface area (Å²) in [5.41, 5.74) is 2.76. The highest BCUT2D eigenvalue weighted by Crippen LogP contribution is 2.41. The molecule has 3 heterocycles. The molecule has 17 nitrogen and oxygen atoms in total. The summed E-state index contributed by atoms with van der Waals surface area (Å²) >= 11 is 2.11. The molecule has 0 bridgehead atoms. The first-order valence-corrected chi connectivity index (χ1v) is 15.2. The number of hydrogen-bond acceptors (Lipinski definition) is 14. The molecule has 1 saturated heterocycles. The molecule has 46 heavy (non-hydrogen) atoms. The molecule has 7 N–H and O–H groups in total. The molecule has 1 aromatic heterocycles. The molecule has 2 atom stereocenters. The number of fused-ring (bicyclic) bond motifs is 1. The number of oxime groups is 1. The van der Waals surface area contributed by atoms with Gasteiger partial charge in [-0.2, -0.15) is 5.26 Å². The van der Waals surface area contributed by atoms with Crippen molar-refractivity contribution in [2.45, 2.75) is 37.8 Å². The largest absolute Gasteiger partial charge is 0.504 e. The Morgan fingerprint density at radius 2 is 1.98 bits per heavy atom. The molecule has 242 valence electrons. The van der Waals surface area contributed by atoms with E-state index in [2.05, 4.69) is 15.5 Å². The number of phenolic OH excluding ortho intramolecular Hbond substituents is 2. The van der Waals surface area contributed by atoms with Gasteiger partial charge in [0, 0.05) is 29.8 Å². The molecule has 4 rings (SSSR count). The van der Waals surface area contributed by atoms with Crippen molar-refractivity contribution in [3.05, 3.63) is 45.6 Å². The van der Waals surface area contributed by atoms with E-state index >= 15 is 0 Å². The highest BCUT2D eigenvalue weighted by molar-refractivity contribution is 8.00. The fourth-order valence-corrected chi connectivity index (χ4v) is 6.27. The Balaban J connectivity index is 1.56. The van der Waals surface area contributed by atoms with Crippen molar-refractivity contribution >= 4 is 63.6 Å². The second-order valence-electron chi connectivity index (χ2n) is 10.4. The van der Waals surface area contributed by atoms with Gasteiger partial charge in [-0.1, -0.05) is 5.16 Å². The number of nitriles is 1. The number of carboxylic acid groups (broad SMARTS) is 2. The quantitative estimate of drug-likeness (QED) is 0.0820. The number of nitrogens with one attached hydrogen (secondary N) is 1. The number of amides is 3. The van der Waals surface area contributed by atoms with E-state index in [4.69, 9.17) is 10.6 Å². The van der Waals surface area contributed by atoms with Gasteiger partial charge in [-0.3, -0.25) is 19.3 Å². The minimum absolute atomic E-state index is 0.0392. The van der Waals surface area contributed by atoms with Gasteiger partial charge in [0.1, 0.15) is 28.9 Å². The van der Waals surface area contributed by atoms with E-state index in [0.717, 1.165) is 40.1 Å². The van der Waals surface area contributed by atoms with Crippen molar-refractivity contribution in [1.29, 1.82) is 5.26 Å². The lowest BCUT2D eigenvalue weighted by atomic mass is 10.0. The average molecular weight is 674 g/mol. The molecule has 0 aliphatic carbocycles. The van der Waals surface area contributed by atoms with Crippen LogP contribution >= 0.6 is 23.1 Å². The number of aromatic nitrogens is 1. The minimum Gasteiger partial charge on any atom is -0.504 e. The topological polar surface area (TPSA) is 269 Å². The fraction of sp³-hybridized carbons (Fsp3) is 0.333. The third-order valence-corrected chi connectivity index (χ3v) is 8.92. The van der Waals surface area contributed by atoms with Gasteiger partial charge in [-0.25, -0.2) is 14.6 Å². The molecule has 2 aliphatic rings. The number of likely N-dealkylation sites (N-methyl/N-ethyl adjacent to an activating group) is 1. The first kappa shape index (κ1) is 33.5. The Hall–Kier alpha value is -5.35. The third kappa shape index (κ3) is 6.38. The van der Waals surface area contributed by atoms with Gasteiger partial charge in [0.15, 0.2) is 22.3 Å². The van der Waals surface area contributed by atoms with Crippen LogP contribution in [0, 0.1) is 11.3 Å². The lowest BCUT2D eigenvalue weighted by molar-refractivity contribution is -0.161. The van der Waals surface area contributed by atoms with Gasteiger partial charge in [-0.15, -0.1) is 23.1 Å². The molecule has 0 spiro atoms. The molecule has 0 saturated carbocycles. The van der Waals surface area contributed by atoms with Crippen LogP contribution in [-0.2, 0) is 24.0 Å². The first-order chi connectivity index (χ1) is 21.6. The number of aliphatic carboxylic acids is 2. The van der Waals surface area contributed by atoms with Gasteiger partial charge >= 0.3 is 11.9 Å². The molecule has 0 unspecified atom stereocenters. The molecule has 0 radical (unpaired) electrons. The van der Waals surface area contributed by atoms with E-state index in [-0.39, 0.29) is 52.1 Å². The number of β-lactam (4-membered cyclic amide) rings is 1. The number of thioether (sulfide) groups is 1. The number of benzene rings is 1. The lowest BCUT2D eigenvalue weighted by Crippen LogP contribution is -2.71. The zero-order valence-corrected chi connectivity index (χ0v) is 26.0. The number of phenols is 2. The van der Waals surface area contributed by atoms with Crippen LogP contribution < -0.4 is 11.1 Å². The molecule has 2 aromatic rings. The average Bonchev–Trinajstić information content (AvgIpc) is 3.44. The summed E-state index contributed by atoms with van der Waals surface area (Å²) in [7, 11) is 0. The zero-order chi connectivity index (χ0) is 34.1. The van der Waals surface area contributed by atoms with Gasteiger partial charge in [0.25, 0.3) is 17.7 Å². The third-order valence-electron chi connectivity index (χ3n) is 6.90. The SMILES string of the molecule is CCN(CC1=C(C(=O)O)N2C(=O)[C@@H](NC(=O)/C(=N\OC(C)(C)C(=O)O)c3csc(N)n3)[C@H]2SC1)C(=O)c1cc(O)c(O)c(C#N)c1. The van der Waals surface area contributed by atoms with Gasteiger partial charge in [0.2, 0.25) is 5.60 Å². The van der Waals surface area contributed by atoms with E-state index in [1.165, 1.54) is 24.1 Å². The van der Waals surface area contributed by atoms with Crippen molar-refractivity contribution < 1.29 is 49.2 Å². The zero-order valence-electron chi connectivity index (χ0n) is 24.4. The van der Waals surface area contributed by atoms with Gasteiger partial charge in [0.05, 0.1) is 5.56 Å². The number of nitrogens with zero attached hydrogens (tertiary/aromatic N) is 5. The molecular formula is C27H27N7O10S2. The summed E-state index contributed by atoms with van der Waals surface area (Å²) in [6, 6.07) is 2.55. The van der Waals surface area contributed by atoms with Crippen molar-refractivity contribution in [3.63, 3.8) is 0 Å². The number of aromatic hydroxyl groups is 2. The Labute approximate surface area is 268 Å². The maximum Gasteiger partial charge on any atom is 0.352 e. The lowest BCUT2D eigenvalue weighted by Gasteiger charge is -2.49. The second kappa shape index (κ2) is 12.9. The Bertz CT molecular complexity index is 1750. The normalized spacial score (nSPS) is 17.8. The number of nitrogen functional groups attached to an aromatic ring is 1. The summed E-state index contributed by atoms with van der Waals surface area (Å²) in [6.07, 6.45) is 0. The number of carbonyl (C=O) groups is 5. The van der Waals surface area contributed by atoms with Gasteiger partial charge < -0.3 is 41.2 Å². The highest BCUT2D eigenvalue weighted by atomic mass is 32.2. The molecule has 3 amide bonds. The van der Waals surface area contributed by atoms with Crippen molar-refractivity contribution in [2.24, 2.45) is 5.16 Å². The summed E-state index contributed by atoms with van der Waals surface area (Å²) in [4.78, 5) is 74.9. The van der Waals surface area contributed by atoms with Crippen molar-refractivity contribution in [1.82, 2.24) is 20.1 Å². The number of hydrogen-bond donors (Lipinski definition) is 6. The van der Waals surface area contributed by atoms with Crippen LogP contribution in [0.1, 0.15) is 42.4 Å². The number of anilines is 1. The molecule has 1 aromatic carbocycles. The van der Waals surface area contributed by atoms with Crippen LogP contribution in [0.3, 0.4) is 0 Å². The number of rotatable bonds is 11. The smallest absolute Gasteiger partial charge is 0.352 e. The minimum atomic E-state index is -1.82.